The number of halogens is 1. The van der Waals surface area contributed by atoms with Crippen LogP contribution in [0.15, 0.2) is 23.2 Å². The highest BCUT2D eigenvalue weighted by atomic mass is 127. The zero-order valence-corrected chi connectivity index (χ0v) is 17.1. The van der Waals surface area contributed by atoms with Crippen LogP contribution < -0.4 is 20.1 Å². The highest BCUT2D eigenvalue weighted by Crippen LogP contribution is 2.29. The molecule has 0 aromatic heterocycles. The molecule has 0 aliphatic carbocycles. The van der Waals surface area contributed by atoms with Crippen molar-refractivity contribution in [2.75, 3.05) is 20.2 Å². The number of ether oxygens (including phenoxy) is 2. The maximum absolute atomic E-state index is 9.06. The molecule has 0 saturated carbocycles. The van der Waals surface area contributed by atoms with Crippen molar-refractivity contribution in [1.29, 1.82) is 5.26 Å². The summed E-state index contributed by atoms with van der Waals surface area (Å²) >= 11 is 0. The summed E-state index contributed by atoms with van der Waals surface area (Å²) in [5.74, 6) is 1.96. The Hall–Kier alpha value is -1.69. The molecule has 0 spiro atoms. The van der Waals surface area contributed by atoms with Crippen LogP contribution in [-0.2, 0) is 6.54 Å². The first-order valence-corrected chi connectivity index (χ1v) is 7.93. The lowest BCUT2D eigenvalue weighted by atomic mass is 10.2. The van der Waals surface area contributed by atoms with E-state index in [4.69, 9.17) is 14.7 Å². The quantitative estimate of drug-likeness (QED) is 0.365. The second-order valence-corrected chi connectivity index (χ2v) is 4.85. The standard InChI is InChI=1S/C17H26N4O2.HI/c1-5-14(11-18)23-16-10-13(8-9-15(16)22-4)12-21-17(19-6-2)20-7-3;/h8-10,14H,5-7,12H2,1-4H3,(H2,19,20,21);1H. The molecule has 0 radical (unpaired) electrons. The lowest BCUT2D eigenvalue weighted by Crippen LogP contribution is -2.36. The second kappa shape index (κ2) is 12.7. The third kappa shape index (κ3) is 7.25. The SMILES string of the molecule is CCNC(=NCc1ccc(OC)c(OC(C#N)CC)c1)NCC.I. The van der Waals surface area contributed by atoms with Crippen molar-refractivity contribution in [3.8, 4) is 17.6 Å². The van der Waals surface area contributed by atoms with E-state index in [2.05, 4.69) is 21.7 Å². The summed E-state index contributed by atoms with van der Waals surface area (Å²) in [4.78, 5) is 4.52. The molecule has 7 heteroatoms. The molecule has 1 atom stereocenters. The molecule has 0 aliphatic rings. The summed E-state index contributed by atoms with van der Waals surface area (Å²) in [5.41, 5.74) is 0.988. The minimum absolute atomic E-state index is 0. The Morgan fingerprint density at radius 1 is 1.21 bits per heavy atom. The Kier molecular flexibility index (Phi) is 11.8. The zero-order chi connectivity index (χ0) is 17.1. The zero-order valence-electron chi connectivity index (χ0n) is 14.8. The lowest BCUT2D eigenvalue weighted by molar-refractivity contribution is 0.238. The molecule has 0 bridgehead atoms. The molecule has 1 rings (SSSR count). The van der Waals surface area contributed by atoms with Gasteiger partial charge in [0.2, 0.25) is 0 Å². The number of guanidine groups is 1. The van der Waals surface area contributed by atoms with Gasteiger partial charge in [0, 0.05) is 13.1 Å². The molecule has 0 heterocycles. The third-order valence-corrected chi connectivity index (χ3v) is 3.12. The summed E-state index contributed by atoms with van der Waals surface area (Å²) < 4.78 is 11.0. The average molecular weight is 446 g/mol. The Bertz CT molecular complexity index is 550. The van der Waals surface area contributed by atoms with Crippen molar-refractivity contribution in [3.63, 3.8) is 0 Å². The summed E-state index contributed by atoms with van der Waals surface area (Å²) in [6, 6.07) is 7.78. The molecule has 1 aromatic carbocycles. The molecule has 1 unspecified atom stereocenters. The summed E-state index contributed by atoms with van der Waals surface area (Å²) in [7, 11) is 1.59. The molecule has 0 saturated heterocycles. The van der Waals surface area contributed by atoms with Gasteiger partial charge in [0.1, 0.15) is 6.07 Å². The smallest absolute Gasteiger partial charge is 0.191 e. The van der Waals surface area contributed by atoms with E-state index in [0.29, 0.717) is 24.5 Å². The maximum Gasteiger partial charge on any atom is 0.191 e. The minimum atomic E-state index is -0.485. The Morgan fingerprint density at radius 2 is 1.88 bits per heavy atom. The van der Waals surface area contributed by atoms with Crippen LogP contribution in [0.1, 0.15) is 32.8 Å². The summed E-state index contributed by atoms with van der Waals surface area (Å²) in [6.07, 6.45) is 0.134. The number of nitriles is 1. The number of aliphatic imine (C=N–C) groups is 1. The highest BCUT2D eigenvalue weighted by molar-refractivity contribution is 14.0. The van der Waals surface area contributed by atoms with E-state index in [9.17, 15) is 0 Å². The van der Waals surface area contributed by atoms with Crippen LogP contribution in [0.5, 0.6) is 11.5 Å². The predicted octanol–water partition coefficient (Wildman–Crippen LogP) is 3.07. The van der Waals surface area contributed by atoms with Gasteiger partial charge in [-0.3, -0.25) is 0 Å². The fourth-order valence-corrected chi connectivity index (χ4v) is 1.95. The van der Waals surface area contributed by atoms with Gasteiger partial charge in [-0.15, -0.1) is 24.0 Å². The van der Waals surface area contributed by atoms with E-state index in [1.165, 1.54) is 0 Å². The van der Waals surface area contributed by atoms with Gasteiger partial charge in [-0.2, -0.15) is 5.26 Å². The van der Waals surface area contributed by atoms with Gasteiger partial charge < -0.3 is 20.1 Å². The van der Waals surface area contributed by atoms with Crippen LogP contribution in [0.25, 0.3) is 0 Å². The number of hydrogen-bond donors (Lipinski definition) is 2. The van der Waals surface area contributed by atoms with E-state index in [-0.39, 0.29) is 24.0 Å². The molecular formula is C17H27IN4O2. The molecule has 0 amide bonds. The Labute approximate surface area is 161 Å². The molecular weight excluding hydrogens is 419 g/mol. The first-order valence-electron chi connectivity index (χ1n) is 7.93. The van der Waals surface area contributed by atoms with Crippen LogP contribution in [0.4, 0.5) is 0 Å². The van der Waals surface area contributed by atoms with Crippen LogP contribution in [0.3, 0.4) is 0 Å². The molecule has 6 nitrogen and oxygen atoms in total. The normalized spacial score (nSPS) is 10.6. The highest BCUT2D eigenvalue weighted by Gasteiger charge is 2.11. The van der Waals surface area contributed by atoms with Crippen molar-refractivity contribution < 1.29 is 9.47 Å². The third-order valence-electron chi connectivity index (χ3n) is 3.12. The van der Waals surface area contributed by atoms with Gasteiger partial charge in [-0.05, 0) is 38.0 Å². The first-order chi connectivity index (χ1) is 11.2. The number of nitrogens with one attached hydrogen (secondary N) is 2. The van der Waals surface area contributed by atoms with Crippen molar-refractivity contribution in [1.82, 2.24) is 10.6 Å². The predicted molar refractivity (Wildman–Crippen MR) is 107 cm³/mol. The Morgan fingerprint density at radius 3 is 2.38 bits per heavy atom. The first kappa shape index (κ1) is 22.3. The number of methoxy groups -OCH3 is 1. The number of nitrogens with zero attached hydrogens (tertiary/aromatic N) is 2. The van der Waals surface area contributed by atoms with Gasteiger partial charge in [0.15, 0.2) is 23.6 Å². The van der Waals surface area contributed by atoms with Gasteiger partial charge >= 0.3 is 0 Å². The summed E-state index contributed by atoms with van der Waals surface area (Å²) in [6.45, 7) is 8.09. The van der Waals surface area contributed by atoms with Crippen LogP contribution in [0, 0.1) is 11.3 Å². The van der Waals surface area contributed by atoms with Gasteiger partial charge in [0.05, 0.1) is 13.7 Å². The van der Waals surface area contributed by atoms with E-state index >= 15 is 0 Å². The summed E-state index contributed by atoms with van der Waals surface area (Å²) in [5, 5.41) is 15.4. The maximum atomic E-state index is 9.06. The van der Waals surface area contributed by atoms with Gasteiger partial charge in [-0.1, -0.05) is 13.0 Å². The molecule has 24 heavy (non-hydrogen) atoms. The topological polar surface area (TPSA) is 78.7 Å². The van der Waals surface area contributed by atoms with Crippen LogP contribution in [0.2, 0.25) is 0 Å². The largest absolute Gasteiger partial charge is 0.493 e. The molecule has 0 fully saturated rings. The lowest BCUT2D eigenvalue weighted by Gasteiger charge is -2.15. The molecule has 0 aliphatic heterocycles. The second-order valence-electron chi connectivity index (χ2n) is 4.85. The fourth-order valence-electron chi connectivity index (χ4n) is 1.95. The number of rotatable bonds is 8. The molecule has 134 valence electrons. The van der Waals surface area contributed by atoms with E-state index in [1.54, 1.807) is 7.11 Å². The van der Waals surface area contributed by atoms with Crippen molar-refractivity contribution >= 4 is 29.9 Å². The van der Waals surface area contributed by atoms with Crippen molar-refractivity contribution in [2.24, 2.45) is 4.99 Å². The van der Waals surface area contributed by atoms with Crippen molar-refractivity contribution in [3.05, 3.63) is 23.8 Å². The minimum Gasteiger partial charge on any atom is -0.493 e. The van der Waals surface area contributed by atoms with E-state index in [0.717, 1.165) is 24.6 Å². The van der Waals surface area contributed by atoms with Gasteiger partial charge in [0.25, 0.3) is 0 Å². The van der Waals surface area contributed by atoms with E-state index in [1.807, 2.05) is 39.0 Å². The molecule has 2 N–H and O–H groups in total. The average Bonchev–Trinajstić information content (AvgIpc) is 2.58. The van der Waals surface area contributed by atoms with Crippen molar-refractivity contribution in [2.45, 2.75) is 39.8 Å². The Balaban J connectivity index is 0.00000529. The monoisotopic (exact) mass is 446 g/mol. The van der Waals surface area contributed by atoms with E-state index < -0.39 is 6.10 Å². The molecule has 1 aromatic rings. The van der Waals surface area contributed by atoms with Crippen LogP contribution in [-0.4, -0.2) is 32.3 Å². The number of benzene rings is 1. The van der Waals surface area contributed by atoms with Crippen LogP contribution >= 0.6 is 24.0 Å². The van der Waals surface area contributed by atoms with Gasteiger partial charge in [-0.25, -0.2) is 4.99 Å². The fraction of sp³-hybridized carbons (Fsp3) is 0.529. The number of hydrogen-bond acceptors (Lipinski definition) is 4.